The van der Waals surface area contributed by atoms with Crippen LogP contribution < -0.4 is 5.32 Å². The van der Waals surface area contributed by atoms with Gasteiger partial charge in [0.1, 0.15) is 0 Å². The van der Waals surface area contributed by atoms with Crippen LogP contribution in [-0.4, -0.2) is 37.1 Å². The predicted octanol–water partition coefficient (Wildman–Crippen LogP) is 3.89. The highest BCUT2D eigenvalue weighted by Gasteiger charge is 2.12. The smallest absolute Gasteiger partial charge is 0.303 e. The van der Waals surface area contributed by atoms with Gasteiger partial charge in [0.2, 0.25) is 5.28 Å². The Bertz CT molecular complexity index is 924. The van der Waals surface area contributed by atoms with Gasteiger partial charge in [0.25, 0.3) is 0 Å². The Hall–Kier alpha value is -2.67. The molecular formula is C19H22ClN5O2. The fourth-order valence-electron chi connectivity index (χ4n) is 2.83. The minimum absolute atomic E-state index is 0.168. The molecule has 0 radical (unpaired) electrons. The van der Waals surface area contributed by atoms with E-state index < -0.39 is 5.97 Å². The van der Waals surface area contributed by atoms with Crippen molar-refractivity contribution in [3.63, 3.8) is 0 Å². The Morgan fingerprint density at radius 1 is 1.19 bits per heavy atom. The normalized spacial score (nSPS) is 11.0. The summed E-state index contributed by atoms with van der Waals surface area (Å²) in [5.41, 5.74) is 3.73. The van der Waals surface area contributed by atoms with Crippen molar-refractivity contribution < 1.29 is 9.90 Å². The zero-order chi connectivity index (χ0) is 19.2. The second kappa shape index (κ2) is 8.81. The van der Waals surface area contributed by atoms with Crippen molar-refractivity contribution in [3.8, 4) is 0 Å². The molecular weight excluding hydrogens is 366 g/mol. The van der Waals surface area contributed by atoms with Gasteiger partial charge in [-0.1, -0.05) is 36.2 Å². The number of fused-ring (bicyclic) bond motifs is 1. The molecule has 0 saturated heterocycles. The van der Waals surface area contributed by atoms with Crippen molar-refractivity contribution in [1.82, 2.24) is 19.5 Å². The molecule has 0 bridgehead atoms. The van der Waals surface area contributed by atoms with Crippen LogP contribution in [0, 0.1) is 6.92 Å². The molecule has 2 aromatic heterocycles. The summed E-state index contributed by atoms with van der Waals surface area (Å²) < 4.78 is 1.95. The molecule has 142 valence electrons. The number of nitrogens with one attached hydrogen (secondary N) is 1. The number of imidazole rings is 1. The number of aromatic nitrogens is 4. The van der Waals surface area contributed by atoms with Gasteiger partial charge in [-0.3, -0.25) is 4.79 Å². The van der Waals surface area contributed by atoms with Gasteiger partial charge in [0.05, 0.1) is 12.9 Å². The Morgan fingerprint density at radius 3 is 2.70 bits per heavy atom. The van der Waals surface area contributed by atoms with E-state index in [0.717, 1.165) is 18.4 Å². The number of unbranched alkanes of at least 4 members (excludes halogenated alkanes) is 2. The van der Waals surface area contributed by atoms with Gasteiger partial charge in [-0.05, 0) is 36.9 Å². The molecule has 2 N–H and O–H groups in total. The van der Waals surface area contributed by atoms with Gasteiger partial charge in [0, 0.05) is 13.0 Å². The summed E-state index contributed by atoms with van der Waals surface area (Å²) in [6, 6.07) is 8.32. The van der Waals surface area contributed by atoms with E-state index in [1.165, 1.54) is 5.56 Å². The van der Waals surface area contributed by atoms with E-state index in [1.807, 2.05) is 4.57 Å². The third-order valence-electron chi connectivity index (χ3n) is 4.27. The second-order valence-corrected chi connectivity index (χ2v) is 6.84. The zero-order valence-electron chi connectivity index (χ0n) is 15.2. The number of anilines is 1. The number of carboxylic acids is 1. The molecule has 0 unspecified atom stereocenters. The lowest BCUT2D eigenvalue weighted by atomic mass is 10.1. The highest BCUT2D eigenvalue weighted by Crippen LogP contribution is 2.22. The standard InChI is InChI=1S/C19H22ClN5O2/c1-13-6-8-14(9-7-13)11-25-12-22-16-17(23-19(20)24-18(16)25)21-10-4-2-3-5-15(26)27/h6-9,12H,2-5,10-11H2,1H3,(H,26,27)(H,21,23,24). The van der Waals surface area contributed by atoms with Crippen molar-refractivity contribution in [2.75, 3.05) is 11.9 Å². The van der Waals surface area contributed by atoms with Crippen LogP contribution in [0.5, 0.6) is 0 Å². The molecule has 8 heteroatoms. The number of hydrogen-bond donors (Lipinski definition) is 2. The number of carboxylic acid groups (broad SMARTS) is 1. The van der Waals surface area contributed by atoms with E-state index in [2.05, 4.69) is 51.5 Å². The number of rotatable bonds is 9. The van der Waals surface area contributed by atoms with Crippen LogP contribution in [-0.2, 0) is 11.3 Å². The van der Waals surface area contributed by atoms with Crippen LogP contribution in [0.3, 0.4) is 0 Å². The lowest BCUT2D eigenvalue weighted by Gasteiger charge is -2.08. The highest BCUT2D eigenvalue weighted by molar-refractivity contribution is 6.28. The third-order valence-corrected chi connectivity index (χ3v) is 4.44. The van der Waals surface area contributed by atoms with Crippen LogP contribution >= 0.6 is 11.6 Å². The highest BCUT2D eigenvalue weighted by atomic mass is 35.5. The molecule has 0 aliphatic heterocycles. The summed E-state index contributed by atoms with van der Waals surface area (Å²) in [7, 11) is 0. The minimum atomic E-state index is -0.758. The number of benzene rings is 1. The first-order valence-corrected chi connectivity index (χ1v) is 9.30. The summed E-state index contributed by atoms with van der Waals surface area (Å²) in [6.45, 7) is 3.38. The number of nitrogens with zero attached hydrogens (tertiary/aromatic N) is 4. The first-order valence-electron chi connectivity index (χ1n) is 8.92. The average molecular weight is 388 g/mol. The summed E-state index contributed by atoms with van der Waals surface area (Å²) in [4.78, 5) is 23.6. The largest absolute Gasteiger partial charge is 0.481 e. The van der Waals surface area contributed by atoms with Crippen LogP contribution in [0.25, 0.3) is 11.2 Å². The molecule has 7 nitrogen and oxygen atoms in total. The Morgan fingerprint density at radius 2 is 1.96 bits per heavy atom. The van der Waals surface area contributed by atoms with E-state index >= 15 is 0 Å². The molecule has 0 aliphatic carbocycles. The zero-order valence-corrected chi connectivity index (χ0v) is 15.9. The molecule has 27 heavy (non-hydrogen) atoms. The Balaban J connectivity index is 1.69. The Kier molecular flexibility index (Phi) is 6.24. The Labute approximate surface area is 162 Å². The maximum absolute atomic E-state index is 10.5. The summed E-state index contributed by atoms with van der Waals surface area (Å²) >= 11 is 6.11. The third kappa shape index (κ3) is 5.17. The SMILES string of the molecule is Cc1ccc(Cn2cnc3c(NCCCCCC(=O)O)nc(Cl)nc32)cc1. The van der Waals surface area contributed by atoms with Gasteiger partial charge < -0.3 is 15.0 Å². The van der Waals surface area contributed by atoms with Crippen LogP contribution in [0.2, 0.25) is 5.28 Å². The molecule has 3 aromatic rings. The van der Waals surface area contributed by atoms with Crippen LogP contribution in [0.1, 0.15) is 36.8 Å². The molecule has 0 atom stereocenters. The molecule has 0 fully saturated rings. The number of halogens is 1. The van der Waals surface area contributed by atoms with Gasteiger partial charge in [-0.25, -0.2) is 4.98 Å². The minimum Gasteiger partial charge on any atom is -0.481 e. The van der Waals surface area contributed by atoms with E-state index in [1.54, 1.807) is 6.33 Å². The van der Waals surface area contributed by atoms with E-state index in [4.69, 9.17) is 16.7 Å². The quantitative estimate of drug-likeness (QED) is 0.427. The van der Waals surface area contributed by atoms with E-state index in [-0.39, 0.29) is 11.7 Å². The fraction of sp³-hybridized carbons (Fsp3) is 0.368. The molecule has 0 aliphatic rings. The lowest BCUT2D eigenvalue weighted by molar-refractivity contribution is -0.137. The summed E-state index contributed by atoms with van der Waals surface area (Å²) in [5.74, 6) is -0.155. The molecule has 0 saturated carbocycles. The number of carbonyl (C=O) groups is 1. The number of aryl methyl sites for hydroxylation is 1. The van der Waals surface area contributed by atoms with Crippen molar-refractivity contribution in [1.29, 1.82) is 0 Å². The predicted molar refractivity (Wildman–Crippen MR) is 105 cm³/mol. The van der Waals surface area contributed by atoms with Crippen LogP contribution in [0.4, 0.5) is 5.82 Å². The van der Waals surface area contributed by atoms with Crippen LogP contribution in [0.15, 0.2) is 30.6 Å². The van der Waals surface area contributed by atoms with Crippen molar-refractivity contribution in [2.24, 2.45) is 0 Å². The fourth-order valence-corrected chi connectivity index (χ4v) is 3.00. The van der Waals surface area contributed by atoms with Gasteiger partial charge in [0.15, 0.2) is 17.0 Å². The van der Waals surface area contributed by atoms with Crippen molar-refractivity contribution in [3.05, 3.63) is 47.0 Å². The first-order chi connectivity index (χ1) is 13.0. The monoisotopic (exact) mass is 387 g/mol. The maximum atomic E-state index is 10.5. The van der Waals surface area contributed by atoms with Gasteiger partial charge in [-0.2, -0.15) is 9.97 Å². The summed E-state index contributed by atoms with van der Waals surface area (Å²) in [5, 5.41) is 12.1. The van der Waals surface area contributed by atoms with E-state index in [9.17, 15) is 4.79 Å². The molecule has 2 heterocycles. The van der Waals surface area contributed by atoms with Gasteiger partial charge in [-0.15, -0.1) is 0 Å². The first kappa shape index (κ1) is 19.1. The molecule has 3 rings (SSSR count). The van der Waals surface area contributed by atoms with Crippen molar-refractivity contribution in [2.45, 2.75) is 39.2 Å². The number of aliphatic carboxylic acids is 1. The molecule has 0 amide bonds. The average Bonchev–Trinajstić information content (AvgIpc) is 3.02. The summed E-state index contributed by atoms with van der Waals surface area (Å²) in [6.07, 6.45) is 4.30. The van der Waals surface area contributed by atoms with Gasteiger partial charge >= 0.3 is 5.97 Å². The lowest BCUT2D eigenvalue weighted by Crippen LogP contribution is -2.06. The van der Waals surface area contributed by atoms with Crippen molar-refractivity contribution >= 4 is 34.6 Å². The van der Waals surface area contributed by atoms with E-state index in [0.29, 0.717) is 36.5 Å². The molecule has 0 spiro atoms. The topological polar surface area (TPSA) is 92.9 Å². The maximum Gasteiger partial charge on any atom is 0.303 e. The second-order valence-electron chi connectivity index (χ2n) is 6.50. The molecule has 1 aromatic carbocycles. The number of hydrogen-bond acceptors (Lipinski definition) is 5.